The predicted octanol–water partition coefficient (Wildman–Crippen LogP) is 5.06. The van der Waals surface area contributed by atoms with Gasteiger partial charge in [-0.05, 0) is 46.4 Å². The van der Waals surface area contributed by atoms with E-state index in [1.165, 1.54) is 22.5 Å². The lowest BCUT2D eigenvalue weighted by molar-refractivity contribution is -0.121. The topological polar surface area (TPSA) is 92.5 Å². The molecule has 6 nitrogen and oxygen atoms in total. The van der Waals surface area contributed by atoms with Crippen LogP contribution in [-0.2, 0) is 27.9 Å². The summed E-state index contributed by atoms with van der Waals surface area (Å²) in [4.78, 5) is 13.0. The normalized spacial score (nSPS) is 12.3. The minimum absolute atomic E-state index is 0.0336. The van der Waals surface area contributed by atoms with Crippen LogP contribution in [-0.4, -0.2) is 31.7 Å². The van der Waals surface area contributed by atoms with Crippen LogP contribution in [0.25, 0.3) is 11.1 Å². The number of carbonyl (C=O) groups is 1. The summed E-state index contributed by atoms with van der Waals surface area (Å²) in [5.74, 6) is -0.965. The van der Waals surface area contributed by atoms with Gasteiger partial charge in [-0.2, -0.15) is 4.31 Å². The fraction of sp³-hybridized carbons (Fsp3) is 0.194. The van der Waals surface area contributed by atoms with E-state index >= 15 is 0 Å². The molecule has 0 aromatic heterocycles. The summed E-state index contributed by atoms with van der Waals surface area (Å²) >= 11 is 0. The SMILES string of the molecule is CC(CN(CC(=O)NCc1cccc(CN)c1)S(=O)(=O)c1ccc(-c2ccccc2F)cc1)c1ccccc1. The molecule has 0 heterocycles. The summed E-state index contributed by atoms with van der Waals surface area (Å²) < 4.78 is 43.0. The first-order chi connectivity index (χ1) is 18.8. The lowest BCUT2D eigenvalue weighted by Gasteiger charge is -2.25. The molecule has 4 rings (SSSR count). The third kappa shape index (κ3) is 7.17. The molecule has 1 amide bonds. The van der Waals surface area contributed by atoms with Crippen LogP contribution in [0.15, 0.2) is 108 Å². The van der Waals surface area contributed by atoms with E-state index in [2.05, 4.69) is 5.32 Å². The summed E-state index contributed by atoms with van der Waals surface area (Å²) in [6.45, 7) is 2.34. The van der Waals surface area contributed by atoms with Crippen molar-refractivity contribution in [2.75, 3.05) is 13.1 Å². The second-order valence-electron chi connectivity index (χ2n) is 9.41. The molecule has 3 N–H and O–H groups in total. The number of amides is 1. The quantitative estimate of drug-likeness (QED) is 0.276. The maximum absolute atomic E-state index is 14.2. The molecule has 0 aliphatic rings. The molecule has 39 heavy (non-hydrogen) atoms. The molecular formula is C31H32FN3O3S. The van der Waals surface area contributed by atoms with Gasteiger partial charge >= 0.3 is 0 Å². The number of rotatable bonds is 11. The lowest BCUT2D eigenvalue weighted by Crippen LogP contribution is -2.42. The van der Waals surface area contributed by atoms with Gasteiger partial charge in [-0.15, -0.1) is 0 Å². The van der Waals surface area contributed by atoms with Crippen molar-refractivity contribution in [2.45, 2.75) is 30.8 Å². The maximum atomic E-state index is 14.2. The highest BCUT2D eigenvalue weighted by Gasteiger charge is 2.28. The number of hydrogen-bond donors (Lipinski definition) is 2. The third-order valence-corrected chi connectivity index (χ3v) is 8.39. The molecule has 0 spiro atoms. The van der Waals surface area contributed by atoms with Crippen molar-refractivity contribution in [3.63, 3.8) is 0 Å². The Balaban J connectivity index is 1.56. The maximum Gasteiger partial charge on any atom is 0.243 e. The molecule has 0 saturated carbocycles. The molecule has 4 aromatic carbocycles. The van der Waals surface area contributed by atoms with E-state index < -0.39 is 15.9 Å². The van der Waals surface area contributed by atoms with Crippen molar-refractivity contribution in [1.82, 2.24) is 9.62 Å². The predicted molar refractivity (Wildman–Crippen MR) is 152 cm³/mol. The number of nitrogens with one attached hydrogen (secondary N) is 1. The van der Waals surface area contributed by atoms with Gasteiger partial charge in [0.1, 0.15) is 5.82 Å². The highest BCUT2D eigenvalue weighted by Crippen LogP contribution is 2.26. The molecule has 0 saturated heterocycles. The molecule has 8 heteroatoms. The number of benzene rings is 4. The Hall–Kier alpha value is -3.85. The molecular weight excluding hydrogens is 513 g/mol. The second-order valence-corrected chi connectivity index (χ2v) is 11.4. The first-order valence-electron chi connectivity index (χ1n) is 12.7. The van der Waals surface area contributed by atoms with Crippen molar-refractivity contribution in [1.29, 1.82) is 0 Å². The van der Waals surface area contributed by atoms with E-state index in [9.17, 15) is 17.6 Å². The number of hydrogen-bond acceptors (Lipinski definition) is 4. The van der Waals surface area contributed by atoms with E-state index in [-0.39, 0.29) is 36.3 Å². The van der Waals surface area contributed by atoms with E-state index in [1.54, 1.807) is 30.3 Å². The van der Waals surface area contributed by atoms with Crippen LogP contribution in [0.3, 0.4) is 0 Å². The van der Waals surface area contributed by atoms with E-state index in [1.807, 2.05) is 61.5 Å². The van der Waals surface area contributed by atoms with Crippen molar-refractivity contribution in [2.24, 2.45) is 5.73 Å². The Labute approximate surface area is 229 Å². The Morgan fingerprint density at radius 3 is 2.26 bits per heavy atom. The van der Waals surface area contributed by atoms with Gasteiger partial charge in [0.2, 0.25) is 15.9 Å². The fourth-order valence-electron chi connectivity index (χ4n) is 4.37. The zero-order chi connectivity index (χ0) is 27.8. The second kappa shape index (κ2) is 12.8. The molecule has 202 valence electrons. The third-order valence-electron chi connectivity index (χ3n) is 6.56. The lowest BCUT2D eigenvalue weighted by atomic mass is 10.0. The van der Waals surface area contributed by atoms with Crippen molar-refractivity contribution in [3.05, 3.63) is 126 Å². The molecule has 1 atom stereocenters. The average Bonchev–Trinajstić information content (AvgIpc) is 2.96. The van der Waals surface area contributed by atoms with E-state index in [0.29, 0.717) is 17.7 Å². The molecule has 1 unspecified atom stereocenters. The highest BCUT2D eigenvalue weighted by molar-refractivity contribution is 7.89. The first-order valence-corrected chi connectivity index (χ1v) is 14.2. The van der Waals surface area contributed by atoms with E-state index in [4.69, 9.17) is 5.73 Å². The van der Waals surface area contributed by atoms with Gasteiger partial charge in [0, 0.05) is 25.2 Å². The van der Waals surface area contributed by atoms with Gasteiger partial charge in [-0.3, -0.25) is 4.79 Å². The average molecular weight is 546 g/mol. The van der Waals surface area contributed by atoms with Crippen LogP contribution in [0.2, 0.25) is 0 Å². The van der Waals surface area contributed by atoms with Crippen molar-refractivity contribution < 1.29 is 17.6 Å². The Morgan fingerprint density at radius 1 is 0.897 bits per heavy atom. The Kier molecular flexibility index (Phi) is 9.24. The van der Waals surface area contributed by atoms with Crippen LogP contribution >= 0.6 is 0 Å². The van der Waals surface area contributed by atoms with Crippen LogP contribution in [0.1, 0.15) is 29.5 Å². The summed E-state index contributed by atoms with van der Waals surface area (Å²) in [6, 6.07) is 29.5. The van der Waals surface area contributed by atoms with Gasteiger partial charge in [0.15, 0.2) is 0 Å². The van der Waals surface area contributed by atoms with Crippen LogP contribution in [0.4, 0.5) is 4.39 Å². The number of nitrogens with two attached hydrogens (primary N) is 1. The van der Waals surface area contributed by atoms with Gasteiger partial charge in [-0.25, -0.2) is 12.8 Å². The zero-order valence-corrected chi connectivity index (χ0v) is 22.6. The number of nitrogens with zero attached hydrogens (tertiary/aromatic N) is 1. The van der Waals surface area contributed by atoms with E-state index in [0.717, 1.165) is 16.7 Å². The van der Waals surface area contributed by atoms with Gasteiger partial charge in [-0.1, -0.05) is 91.9 Å². The van der Waals surface area contributed by atoms with Crippen LogP contribution < -0.4 is 11.1 Å². The van der Waals surface area contributed by atoms with Crippen molar-refractivity contribution in [3.8, 4) is 11.1 Å². The highest BCUT2D eigenvalue weighted by atomic mass is 32.2. The van der Waals surface area contributed by atoms with Gasteiger partial charge in [0.05, 0.1) is 11.4 Å². The monoisotopic (exact) mass is 545 g/mol. The fourth-order valence-corrected chi connectivity index (χ4v) is 5.86. The number of sulfonamides is 1. The molecule has 0 radical (unpaired) electrons. The standard InChI is InChI=1S/C31H32FN3O3S/c1-23(26-10-3-2-4-11-26)21-35(22-31(36)34-20-25-9-7-8-24(18-25)19-33)39(37,38)28-16-14-27(15-17-28)29-12-5-6-13-30(29)32/h2-18,23H,19-22,33H2,1H3,(H,34,36). The zero-order valence-electron chi connectivity index (χ0n) is 21.8. The minimum atomic E-state index is -4.04. The summed E-state index contributed by atoms with van der Waals surface area (Å²) in [5.41, 5.74) is 9.44. The van der Waals surface area contributed by atoms with Crippen molar-refractivity contribution >= 4 is 15.9 Å². The first kappa shape index (κ1) is 28.2. The van der Waals surface area contributed by atoms with Crippen LogP contribution in [0, 0.1) is 5.82 Å². The summed E-state index contributed by atoms with van der Waals surface area (Å²) in [6.07, 6.45) is 0. The molecule has 0 aliphatic carbocycles. The largest absolute Gasteiger partial charge is 0.351 e. The smallest absolute Gasteiger partial charge is 0.243 e. The van der Waals surface area contributed by atoms with Crippen LogP contribution in [0.5, 0.6) is 0 Å². The Morgan fingerprint density at radius 2 is 1.56 bits per heavy atom. The molecule has 0 aliphatic heterocycles. The number of carbonyl (C=O) groups excluding carboxylic acids is 1. The molecule has 4 aromatic rings. The minimum Gasteiger partial charge on any atom is -0.351 e. The van der Waals surface area contributed by atoms with Gasteiger partial charge in [0.25, 0.3) is 0 Å². The molecule has 0 fully saturated rings. The van der Waals surface area contributed by atoms with Gasteiger partial charge < -0.3 is 11.1 Å². The molecule has 0 bridgehead atoms. The summed E-state index contributed by atoms with van der Waals surface area (Å²) in [7, 11) is -4.04. The Bertz CT molecular complexity index is 1510. The summed E-state index contributed by atoms with van der Waals surface area (Å²) in [5, 5.41) is 2.83. The number of halogens is 1.